The van der Waals surface area contributed by atoms with Crippen LogP contribution in [0.3, 0.4) is 0 Å². The van der Waals surface area contributed by atoms with Crippen LogP contribution in [0.5, 0.6) is 0 Å². The average molecular weight is 328 g/mol. The lowest BCUT2D eigenvalue weighted by Crippen LogP contribution is -2.19. The van der Waals surface area contributed by atoms with Gasteiger partial charge in [0, 0.05) is 5.02 Å². The predicted octanol–water partition coefficient (Wildman–Crippen LogP) is 5.19. The fraction of sp³-hybridized carbons (Fsp3) is 0. The van der Waals surface area contributed by atoms with Crippen LogP contribution in [0, 0.1) is 0 Å². The van der Waals surface area contributed by atoms with Gasteiger partial charge in [-0.05, 0) is 35.4 Å². The Morgan fingerprint density at radius 3 is 2.40 bits per heavy atom. The maximum Gasteiger partial charge on any atom is 0.341 e. The van der Waals surface area contributed by atoms with Crippen molar-refractivity contribution >= 4 is 52.1 Å². The molecule has 1 amide bonds. The zero-order chi connectivity index (χ0) is 14.5. The fourth-order valence-electron chi connectivity index (χ4n) is 1.52. The maximum atomic E-state index is 11.5. The van der Waals surface area contributed by atoms with Crippen molar-refractivity contribution in [1.82, 2.24) is 0 Å². The van der Waals surface area contributed by atoms with Crippen molar-refractivity contribution in [2.24, 2.45) is 5.10 Å². The zero-order valence-electron chi connectivity index (χ0n) is 10.1. The summed E-state index contributed by atoms with van der Waals surface area (Å²) in [6.07, 6.45) is 1.52. The van der Waals surface area contributed by atoms with Gasteiger partial charge in [0.15, 0.2) is 0 Å². The minimum absolute atomic E-state index is 0.289. The molecule has 3 nitrogen and oxygen atoms in total. The summed E-state index contributed by atoms with van der Waals surface area (Å²) in [5.41, 5.74) is 1.20. The maximum absolute atomic E-state index is 11.5. The Balaban J connectivity index is 2.32. The van der Waals surface area contributed by atoms with Crippen LogP contribution in [0.25, 0.3) is 0 Å². The minimum Gasteiger partial charge on any atom is -0.253 e. The first kappa shape index (κ1) is 14.9. The van der Waals surface area contributed by atoms with Gasteiger partial charge in [0.05, 0.1) is 16.9 Å². The number of halogens is 3. The predicted molar refractivity (Wildman–Crippen MR) is 84.2 cm³/mol. The van der Waals surface area contributed by atoms with E-state index in [-0.39, 0.29) is 5.02 Å². The highest BCUT2D eigenvalue weighted by atomic mass is 35.5. The number of hydrogen-bond acceptors (Lipinski definition) is 2. The molecule has 0 bridgehead atoms. The summed E-state index contributed by atoms with van der Waals surface area (Å²) in [4.78, 5) is 11.5. The van der Waals surface area contributed by atoms with Gasteiger partial charge in [-0.3, -0.25) is 4.79 Å². The molecular formula is C14H9Cl3N2O. The van der Waals surface area contributed by atoms with E-state index in [9.17, 15) is 4.79 Å². The standard InChI is InChI=1S/C14H9Cl3N2O/c15-11-6-7-13(12(16)8-11)19(14(17)20)18-9-10-4-2-1-3-5-10/h1-9H. The third-order valence-electron chi connectivity index (χ3n) is 2.43. The normalized spacial score (nSPS) is 10.8. The number of anilines is 1. The van der Waals surface area contributed by atoms with Crippen LogP contribution in [0.4, 0.5) is 10.5 Å². The summed E-state index contributed by atoms with van der Waals surface area (Å²) < 4.78 is 0. The number of carbonyl (C=O) groups is 1. The molecule has 0 aliphatic rings. The molecule has 0 N–H and O–H groups in total. The second-order valence-corrected chi connectivity index (χ2v) is 4.98. The van der Waals surface area contributed by atoms with Gasteiger partial charge in [0.1, 0.15) is 0 Å². The number of amides is 1. The molecule has 0 radical (unpaired) electrons. The van der Waals surface area contributed by atoms with Crippen LogP contribution in [0.1, 0.15) is 5.56 Å². The van der Waals surface area contributed by atoms with Crippen LogP contribution in [0.15, 0.2) is 53.6 Å². The molecule has 0 aliphatic heterocycles. The number of nitrogens with zero attached hydrogens (tertiary/aromatic N) is 2. The second-order valence-electron chi connectivity index (χ2n) is 3.82. The molecule has 102 valence electrons. The van der Waals surface area contributed by atoms with Crippen LogP contribution in [-0.2, 0) is 0 Å². The van der Waals surface area contributed by atoms with E-state index >= 15 is 0 Å². The summed E-state index contributed by atoms with van der Waals surface area (Å²) in [7, 11) is 0. The number of benzene rings is 2. The Hall–Kier alpha value is -1.55. The largest absolute Gasteiger partial charge is 0.341 e. The molecular weight excluding hydrogens is 319 g/mol. The van der Waals surface area contributed by atoms with Crippen molar-refractivity contribution < 1.29 is 4.79 Å². The SMILES string of the molecule is O=C(Cl)N(N=Cc1ccccc1)c1ccc(Cl)cc1Cl. The van der Waals surface area contributed by atoms with E-state index in [0.29, 0.717) is 10.7 Å². The summed E-state index contributed by atoms with van der Waals surface area (Å²) in [6, 6.07) is 14.0. The van der Waals surface area contributed by atoms with E-state index in [1.165, 1.54) is 12.3 Å². The minimum atomic E-state index is -0.763. The van der Waals surface area contributed by atoms with E-state index in [4.69, 9.17) is 34.8 Å². The Labute approximate surface area is 131 Å². The molecule has 0 heterocycles. The number of rotatable bonds is 3. The average Bonchev–Trinajstić information content (AvgIpc) is 2.42. The number of hydrazone groups is 1. The monoisotopic (exact) mass is 326 g/mol. The van der Waals surface area contributed by atoms with E-state index in [1.807, 2.05) is 30.3 Å². The van der Waals surface area contributed by atoms with Crippen LogP contribution in [-0.4, -0.2) is 11.6 Å². The lowest BCUT2D eigenvalue weighted by atomic mass is 10.2. The Morgan fingerprint density at radius 1 is 1.10 bits per heavy atom. The first-order chi connectivity index (χ1) is 9.58. The number of hydrogen-bond donors (Lipinski definition) is 0. The zero-order valence-corrected chi connectivity index (χ0v) is 12.4. The van der Waals surface area contributed by atoms with Crippen LogP contribution < -0.4 is 5.01 Å². The molecule has 0 saturated carbocycles. The molecule has 0 aliphatic carbocycles. The lowest BCUT2D eigenvalue weighted by molar-refractivity contribution is 0.264. The van der Waals surface area contributed by atoms with Crippen molar-refractivity contribution in [1.29, 1.82) is 0 Å². The Morgan fingerprint density at radius 2 is 1.80 bits per heavy atom. The molecule has 0 atom stereocenters. The van der Waals surface area contributed by atoms with E-state index in [2.05, 4.69) is 5.10 Å². The summed E-state index contributed by atoms with van der Waals surface area (Å²) in [5.74, 6) is 0. The van der Waals surface area contributed by atoms with Gasteiger partial charge in [-0.15, -0.1) is 0 Å². The third-order valence-corrected chi connectivity index (χ3v) is 3.12. The summed E-state index contributed by atoms with van der Waals surface area (Å²) in [6.45, 7) is 0. The highest BCUT2D eigenvalue weighted by Crippen LogP contribution is 2.29. The first-order valence-electron chi connectivity index (χ1n) is 5.61. The van der Waals surface area contributed by atoms with E-state index in [1.54, 1.807) is 12.1 Å². The second kappa shape index (κ2) is 6.75. The Kier molecular flexibility index (Phi) is 5.01. The van der Waals surface area contributed by atoms with Crippen LogP contribution >= 0.6 is 34.8 Å². The van der Waals surface area contributed by atoms with Gasteiger partial charge in [0.2, 0.25) is 0 Å². The highest BCUT2D eigenvalue weighted by Gasteiger charge is 2.15. The van der Waals surface area contributed by atoms with Gasteiger partial charge < -0.3 is 0 Å². The fourth-order valence-corrected chi connectivity index (χ4v) is 2.14. The Bertz CT molecular complexity index is 644. The topological polar surface area (TPSA) is 32.7 Å². The van der Waals surface area contributed by atoms with Crippen molar-refractivity contribution in [2.45, 2.75) is 0 Å². The smallest absolute Gasteiger partial charge is 0.253 e. The first-order valence-corrected chi connectivity index (χ1v) is 6.75. The molecule has 0 aromatic heterocycles. The van der Waals surface area contributed by atoms with Crippen molar-refractivity contribution in [3.05, 3.63) is 64.1 Å². The quantitative estimate of drug-likeness (QED) is 0.330. The van der Waals surface area contributed by atoms with Gasteiger partial charge in [0.25, 0.3) is 0 Å². The third kappa shape index (κ3) is 3.73. The van der Waals surface area contributed by atoms with Gasteiger partial charge in [-0.1, -0.05) is 53.5 Å². The lowest BCUT2D eigenvalue weighted by Gasteiger charge is -2.15. The summed E-state index contributed by atoms with van der Waals surface area (Å²) in [5, 5.41) is 5.05. The van der Waals surface area contributed by atoms with E-state index < -0.39 is 5.37 Å². The molecule has 0 spiro atoms. The van der Waals surface area contributed by atoms with Crippen molar-refractivity contribution in [3.63, 3.8) is 0 Å². The van der Waals surface area contributed by atoms with Crippen molar-refractivity contribution in [2.75, 3.05) is 5.01 Å². The molecule has 0 saturated heterocycles. The molecule has 2 aromatic rings. The molecule has 0 unspecified atom stereocenters. The van der Waals surface area contributed by atoms with Gasteiger partial charge in [-0.25, -0.2) is 0 Å². The van der Waals surface area contributed by atoms with Gasteiger partial charge >= 0.3 is 5.37 Å². The van der Waals surface area contributed by atoms with Crippen LogP contribution in [0.2, 0.25) is 10.0 Å². The molecule has 0 fully saturated rings. The number of carbonyl (C=O) groups excluding carboxylic acids is 1. The van der Waals surface area contributed by atoms with E-state index in [0.717, 1.165) is 10.6 Å². The molecule has 2 aromatic carbocycles. The van der Waals surface area contributed by atoms with Gasteiger partial charge in [-0.2, -0.15) is 10.1 Å². The highest BCUT2D eigenvalue weighted by molar-refractivity contribution is 6.66. The molecule has 6 heteroatoms. The summed E-state index contributed by atoms with van der Waals surface area (Å²) >= 11 is 17.4. The molecule has 2 rings (SSSR count). The molecule has 20 heavy (non-hydrogen) atoms. The van der Waals surface area contributed by atoms with Crippen molar-refractivity contribution in [3.8, 4) is 0 Å².